The number of aryl methyl sites for hydroxylation is 3. The van der Waals surface area contributed by atoms with E-state index in [1.54, 1.807) is 19.9 Å². The summed E-state index contributed by atoms with van der Waals surface area (Å²) in [6.07, 6.45) is 1.33. The van der Waals surface area contributed by atoms with Crippen molar-refractivity contribution in [1.82, 2.24) is 19.7 Å². The lowest BCUT2D eigenvalue weighted by atomic mass is 10.1. The van der Waals surface area contributed by atoms with E-state index in [2.05, 4.69) is 27.1 Å². The Morgan fingerprint density at radius 2 is 1.97 bits per heavy atom. The smallest absolute Gasteiger partial charge is 0.350 e. The van der Waals surface area contributed by atoms with Gasteiger partial charge in [-0.15, -0.1) is 16.8 Å². The third kappa shape index (κ3) is 6.65. The number of carbonyl (C=O) groups is 2. The van der Waals surface area contributed by atoms with Crippen molar-refractivity contribution in [2.75, 3.05) is 17.7 Å². The van der Waals surface area contributed by atoms with Crippen LogP contribution in [0.2, 0.25) is 5.02 Å². The van der Waals surface area contributed by atoms with E-state index in [0.717, 1.165) is 22.5 Å². The Bertz CT molecular complexity index is 1250. The number of allylic oxidation sites excluding steroid dienone is 1. The molecule has 1 aromatic carbocycles. The van der Waals surface area contributed by atoms with Crippen LogP contribution in [0.5, 0.6) is 5.75 Å². The lowest BCUT2D eigenvalue weighted by molar-refractivity contribution is -0.113. The van der Waals surface area contributed by atoms with Crippen molar-refractivity contribution in [1.29, 1.82) is 0 Å². The zero-order valence-corrected chi connectivity index (χ0v) is 23.1. The summed E-state index contributed by atoms with van der Waals surface area (Å²) in [5.74, 6) is 0.637. The topological polar surface area (TPSA) is 108 Å². The summed E-state index contributed by atoms with van der Waals surface area (Å²) in [5, 5.41) is 12.9. The molecule has 1 N–H and O–H groups in total. The second kappa shape index (κ2) is 12.4. The van der Waals surface area contributed by atoms with E-state index in [0.29, 0.717) is 44.0 Å². The number of nitrogens with one attached hydrogen (secondary N) is 1. The van der Waals surface area contributed by atoms with Gasteiger partial charge >= 0.3 is 5.97 Å². The minimum atomic E-state index is -0.451. The lowest BCUT2D eigenvalue weighted by Gasteiger charge is -2.17. The van der Waals surface area contributed by atoms with Gasteiger partial charge in [0.25, 0.3) is 0 Å². The largest absolute Gasteiger partial charge is 0.483 e. The maximum Gasteiger partial charge on any atom is 0.350 e. The molecular formula is C24H28ClN5O4S2. The molecule has 1 unspecified atom stereocenters. The van der Waals surface area contributed by atoms with Gasteiger partial charge in [-0.05, 0) is 57.9 Å². The van der Waals surface area contributed by atoms with Crippen molar-refractivity contribution in [2.24, 2.45) is 0 Å². The monoisotopic (exact) mass is 549 g/mol. The van der Waals surface area contributed by atoms with Crippen LogP contribution in [0, 0.1) is 20.8 Å². The van der Waals surface area contributed by atoms with Crippen LogP contribution in [0.15, 0.2) is 29.9 Å². The van der Waals surface area contributed by atoms with Gasteiger partial charge in [0.1, 0.15) is 10.6 Å². The molecule has 0 bridgehead atoms. The molecule has 3 rings (SSSR count). The normalized spacial score (nSPS) is 11.7. The molecule has 1 amide bonds. The van der Waals surface area contributed by atoms with Crippen LogP contribution >= 0.6 is 34.7 Å². The van der Waals surface area contributed by atoms with E-state index in [1.807, 2.05) is 37.5 Å². The summed E-state index contributed by atoms with van der Waals surface area (Å²) in [6, 6.07) is 3.77. The van der Waals surface area contributed by atoms with Gasteiger partial charge in [-0.3, -0.25) is 9.36 Å². The number of rotatable bonds is 11. The number of benzene rings is 1. The van der Waals surface area contributed by atoms with Crippen LogP contribution < -0.4 is 10.1 Å². The quantitative estimate of drug-likeness (QED) is 0.188. The van der Waals surface area contributed by atoms with E-state index in [4.69, 9.17) is 21.1 Å². The number of thioether (sulfide) groups is 1. The van der Waals surface area contributed by atoms with Crippen molar-refractivity contribution in [3.8, 4) is 5.75 Å². The molecule has 0 aliphatic heterocycles. The molecule has 0 spiro atoms. The lowest BCUT2D eigenvalue weighted by Crippen LogP contribution is -2.15. The number of thiazole rings is 1. The number of aromatic nitrogens is 4. The summed E-state index contributed by atoms with van der Waals surface area (Å²) >= 11 is 8.58. The van der Waals surface area contributed by atoms with Crippen LogP contribution in [-0.2, 0) is 16.1 Å². The van der Waals surface area contributed by atoms with Gasteiger partial charge in [-0.1, -0.05) is 40.8 Å². The first-order valence-corrected chi connectivity index (χ1v) is 13.4. The van der Waals surface area contributed by atoms with Crippen LogP contribution in [0.25, 0.3) is 0 Å². The summed E-state index contributed by atoms with van der Waals surface area (Å²) in [7, 11) is 0. The minimum Gasteiger partial charge on any atom is -0.483 e. The average molecular weight is 550 g/mol. The minimum absolute atomic E-state index is 0.0768. The number of carbonyl (C=O) groups excluding carboxylic acids is 2. The van der Waals surface area contributed by atoms with Gasteiger partial charge in [0, 0.05) is 11.6 Å². The summed E-state index contributed by atoms with van der Waals surface area (Å²) < 4.78 is 13.0. The maximum atomic E-state index is 12.5. The third-order valence-corrected chi connectivity index (χ3v) is 7.60. The predicted molar refractivity (Wildman–Crippen MR) is 142 cm³/mol. The van der Waals surface area contributed by atoms with Gasteiger partial charge in [-0.2, -0.15) is 0 Å². The molecule has 2 aromatic heterocycles. The number of esters is 1. The van der Waals surface area contributed by atoms with Crippen molar-refractivity contribution in [2.45, 2.75) is 52.4 Å². The number of ether oxygens (including phenoxy) is 2. The van der Waals surface area contributed by atoms with E-state index in [1.165, 1.54) is 11.8 Å². The molecule has 2 heterocycles. The number of nitrogens with zero attached hydrogens (tertiary/aromatic N) is 4. The molecule has 0 aliphatic rings. The van der Waals surface area contributed by atoms with Crippen molar-refractivity contribution >= 4 is 51.7 Å². The van der Waals surface area contributed by atoms with Crippen molar-refractivity contribution < 1.29 is 19.1 Å². The van der Waals surface area contributed by atoms with Crippen LogP contribution in [0.1, 0.15) is 52.3 Å². The van der Waals surface area contributed by atoms with Crippen molar-refractivity contribution in [3.05, 3.63) is 57.3 Å². The number of hydrogen-bond acceptors (Lipinski definition) is 9. The standard InChI is InChI=1S/C24H28ClN5O4S2/c1-7-9-30-21(16(6)34-17-10-13(3)19(25)14(4)11-17)28-29-24(30)35-12-18(31)27-23-26-15(5)20(36-23)22(32)33-8-2/h7,10-11,16H,1,8-9,12H2,2-6H3,(H,26,27,31). The highest BCUT2D eigenvalue weighted by Crippen LogP contribution is 2.30. The molecule has 3 aromatic rings. The van der Waals surface area contributed by atoms with E-state index in [-0.39, 0.29) is 18.3 Å². The van der Waals surface area contributed by atoms with Crippen LogP contribution in [0.3, 0.4) is 0 Å². The highest BCUT2D eigenvalue weighted by molar-refractivity contribution is 7.99. The molecule has 0 saturated heterocycles. The van der Waals surface area contributed by atoms with Gasteiger partial charge < -0.3 is 14.8 Å². The Morgan fingerprint density at radius 3 is 2.61 bits per heavy atom. The fourth-order valence-corrected chi connectivity index (χ4v) is 5.10. The number of hydrogen-bond donors (Lipinski definition) is 1. The number of amides is 1. The van der Waals surface area contributed by atoms with Crippen molar-refractivity contribution in [3.63, 3.8) is 0 Å². The Kier molecular flexibility index (Phi) is 9.52. The summed E-state index contributed by atoms with van der Waals surface area (Å²) in [6.45, 7) is 13.7. The first kappa shape index (κ1) is 27.7. The molecule has 192 valence electrons. The highest BCUT2D eigenvalue weighted by atomic mass is 35.5. The Morgan fingerprint density at radius 1 is 1.28 bits per heavy atom. The fraction of sp³-hybridized carbons (Fsp3) is 0.375. The van der Waals surface area contributed by atoms with Gasteiger partial charge in [0.05, 0.1) is 18.1 Å². The number of anilines is 1. The first-order valence-electron chi connectivity index (χ1n) is 11.2. The maximum absolute atomic E-state index is 12.5. The second-order valence-electron chi connectivity index (χ2n) is 7.86. The number of halogens is 1. The molecule has 0 fully saturated rings. The highest BCUT2D eigenvalue weighted by Gasteiger charge is 2.21. The first-order chi connectivity index (χ1) is 17.1. The SMILES string of the molecule is C=CCn1c(SCC(=O)Nc2nc(C)c(C(=O)OCC)s2)nnc1C(C)Oc1cc(C)c(Cl)c(C)c1. The predicted octanol–water partition coefficient (Wildman–Crippen LogP) is 5.55. The summed E-state index contributed by atoms with van der Waals surface area (Å²) in [5.41, 5.74) is 2.37. The third-order valence-electron chi connectivity index (χ3n) is 4.98. The van der Waals surface area contributed by atoms with E-state index in [9.17, 15) is 9.59 Å². The molecular weight excluding hydrogens is 522 g/mol. The van der Waals surface area contributed by atoms with E-state index < -0.39 is 12.1 Å². The molecule has 0 aliphatic carbocycles. The molecule has 9 nitrogen and oxygen atoms in total. The van der Waals surface area contributed by atoms with Crippen LogP contribution in [-0.4, -0.2) is 44.0 Å². The Labute approximate surface area is 223 Å². The summed E-state index contributed by atoms with van der Waals surface area (Å²) in [4.78, 5) is 29.2. The van der Waals surface area contributed by atoms with Gasteiger partial charge in [0.2, 0.25) is 5.91 Å². The average Bonchev–Trinajstić information content (AvgIpc) is 3.39. The van der Waals surface area contributed by atoms with Crippen LogP contribution in [0.4, 0.5) is 5.13 Å². The van der Waals surface area contributed by atoms with Gasteiger partial charge in [-0.25, -0.2) is 9.78 Å². The second-order valence-corrected chi connectivity index (χ2v) is 10.2. The molecule has 1 atom stereocenters. The Hall–Kier alpha value is -2.89. The Balaban J connectivity index is 1.67. The molecule has 36 heavy (non-hydrogen) atoms. The molecule has 0 saturated carbocycles. The fourth-order valence-electron chi connectivity index (χ4n) is 3.36. The zero-order valence-electron chi connectivity index (χ0n) is 20.8. The molecule has 0 radical (unpaired) electrons. The van der Waals surface area contributed by atoms with E-state index >= 15 is 0 Å². The molecule has 12 heteroatoms. The zero-order chi connectivity index (χ0) is 26.4. The van der Waals surface area contributed by atoms with Gasteiger partial charge in [0.15, 0.2) is 22.2 Å².